The van der Waals surface area contributed by atoms with E-state index < -0.39 is 18.0 Å². The van der Waals surface area contributed by atoms with Crippen molar-refractivity contribution in [2.45, 2.75) is 19.4 Å². The highest BCUT2D eigenvalue weighted by molar-refractivity contribution is 6.05. The smallest absolute Gasteiger partial charge is 0.322 e. The number of hydrogen-bond donors (Lipinski definition) is 2. The van der Waals surface area contributed by atoms with Crippen LogP contribution in [-0.4, -0.2) is 49.0 Å². The fraction of sp³-hybridized carbons (Fsp3) is 0.400. The lowest BCUT2D eigenvalue weighted by Gasteiger charge is -2.19. The first kappa shape index (κ1) is 15.8. The van der Waals surface area contributed by atoms with Crippen molar-refractivity contribution in [2.24, 2.45) is 0 Å². The van der Waals surface area contributed by atoms with Gasteiger partial charge in [-0.2, -0.15) is 0 Å². The van der Waals surface area contributed by atoms with E-state index in [4.69, 9.17) is 4.74 Å². The van der Waals surface area contributed by atoms with Crippen molar-refractivity contribution >= 4 is 17.8 Å². The number of likely N-dealkylation sites (N-methyl/N-ethyl adjacent to an activating group) is 1. The topological polar surface area (TPSA) is 87.7 Å². The molecule has 1 aromatic rings. The molecule has 22 heavy (non-hydrogen) atoms. The Labute approximate surface area is 128 Å². The summed E-state index contributed by atoms with van der Waals surface area (Å²) in [7, 11) is 1.64. The summed E-state index contributed by atoms with van der Waals surface area (Å²) in [5, 5.41) is 4.50. The van der Waals surface area contributed by atoms with E-state index in [1.54, 1.807) is 7.05 Å². The Balaban J connectivity index is 1.76. The van der Waals surface area contributed by atoms with Gasteiger partial charge in [-0.1, -0.05) is 18.2 Å². The van der Waals surface area contributed by atoms with Gasteiger partial charge in [0, 0.05) is 7.05 Å². The van der Waals surface area contributed by atoms with Crippen LogP contribution in [0, 0.1) is 6.92 Å². The molecule has 0 spiro atoms. The Morgan fingerprint density at radius 2 is 2.05 bits per heavy atom. The number of benzene rings is 1. The van der Waals surface area contributed by atoms with Crippen molar-refractivity contribution in [3.05, 3.63) is 29.8 Å². The van der Waals surface area contributed by atoms with Crippen LogP contribution in [0.2, 0.25) is 0 Å². The molecular weight excluding hydrogens is 286 g/mol. The lowest BCUT2D eigenvalue weighted by Crippen LogP contribution is -2.38. The Hall–Kier alpha value is -2.57. The standard InChI is InChI=1S/C15H19N3O4/c1-10-5-3-4-6-12(10)22-8-7-18(2)13(19)9-11-14(20)17-15(21)16-11/h3-6,11H,7-9H2,1-2H3,(H2,16,17,20,21)/t11-/m0/s1. The number of rotatable bonds is 6. The van der Waals surface area contributed by atoms with Gasteiger partial charge >= 0.3 is 6.03 Å². The van der Waals surface area contributed by atoms with Gasteiger partial charge in [-0.3, -0.25) is 14.9 Å². The second-order valence-corrected chi connectivity index (χ2v) is 5.15. The second kappa shape index (κ2) is 6.93. The number of nitrogens with one attached hydrogen (secondary N) is 2. The molecule has 1 heterocycles. The number of urea groups is 1. The van der Waals surface area contributed by atoms with Gasteiger partial charge < -0.3 is 15.0 Å². The van der Waals surface area contributed by atoms with Gasteiger partial charge in [-0.25, -0.2) is 4.79 Å². The number of ether oxygens (including phenoxy) is 1. The van der Waals surface area contributed by atoms with Crippen molar-refractivity contribution in [3.8, 4) is 5.75 Å². The Morgan fingerprint density at radius 3 is 2.68 bits per heavy atom. The van der Waals surface area contributed by atoms with Gasteiger partial charge in [0.1, 0.15) is 18.4 Å². The molecule has 118 valence electrons. The first-order chi connectivity index (χ1) is 10.5. The summed E-state index contributed by atoms with van der Waals surface area (Å²) < 4.78 is 5.62. The SMILES string of the molecule is Cc1ccccc1OCCN(C)C(=O)C[C@@H]1NC(=O)NC1=O. The third kappa shape index (κ3) is 3.97. The third-order valence-electron chi connectivity index (χ3n) is 3.44. The summed E-state index contributed by atoms with van der Waals surface area (Å²) in [4.78, 5) is 35.9. The molecule has 0 saturated carbocycles. The van der Waals surface area contributed by atoms with E-state index in [-0.39, 0.29) is 12.3 Å². The van der Waals surface area contributed by atoms with Gasteiger partial charge in [0.15, 0.2) is 0 Å². The normalized spacial score (nSPS) is 16.9. The van der Waals surface area contributed by atoms with E-state index in [0.717, 1.165) is 11.3 Å². The zero-order chi connectivity index (χ0) is 16.1. The van der Waals surface area contributed by atoms with Crippen molar-refractivity contribution in [3.63, 3.8) is 0 Å². The van der Waals surface area contributed by atoms with Crippen molar-refractivity contribution < 1.29 is 19.1 Å². The minimum atomic E-state index is -0.792. The van der Waals surface area contributed by atoms with Crippen LogP contribution in [0.15, 0.2) is 24.3 Å². The van der Waals surface area contributed by atoms with E-state index in [1.807, 2.05) is 31.2 Å². The minimum absolute atomic E-state index is 0.0571. The van der Waals surface area contributed by atoms with E-state index in [9.17, 15) is 14.4 Å². The predicted molar refractivity (Wildman–Crippen MR) is 79.4 cm³/mol. The van der Waals surface area contributed by atoms with Gasteiger partial charge in [-0.15, -0.1) is 0 Å². The number of carbonyl (C=O) groups excluding carboxylic acids is 3. The molecular formula is C15H19N3O4. The second-order valence-electron chi connectivity index (χ2n) is 5.15. The van der Waals surface area contributed by atoms with Gasteiger partial charge in [0.25, 0.3) is 5.91 Å². The molecule has 7 nitrogen and oxygen atoms in total. The van der Waals surface area contributed by atoms with Crippen LogP contribution in [-0.2, 0) is 9.59 Å². The number of aryl methyl sites for hydroxylation is 1. The highest BCUT2D eigenvalue weighted by atomic mass is 16.5. The largest absolute Gasteiger partial charge is 0.491 e. The van der Waals surface area contributed by atoms with Crippen molar-refractivity contribution in [1.29, 1.82) is 0 Å². The molecule has 2 rings (SSSR count). The zero-order valence-corrected chi connectivity index (χ0v) is 12.6. The molecule has 7 heteroatoms. The summed E-state index contributed by atoms with van der Waals surface area (Å²) in [5.74, 6) is 0.0874. The van der Waals surface area contributed by atoms with Gasteiger partial charge in [-0.05, 0) is 18.6 Å². The fourth-order valence-corrected chi connectivity index (χ4v) is 2.07. The van der Waals surface area contributed by atoms with Crippen LogP contribution >= 0.6 is 0 Å². The summed E-state index contributed by atoms with van der Waals surface area (Å²) >= 11 is 0. The van der Waals surface area contributed by atoms with Crippen LogP contribution in [0.25, 0.3) is 0 Å². The molecule has 1 fully saturated rings. The fourth-order valence-electron chi connectivity index (χ4n) is 2.07. The summed E-state index contributed by atoms with van der Waals surface area (Å²) in [6.45, 7) is 2.71. The highest BCUT2D eigenvalue weighted by Gasteiger charge is 2.31. The molecule has 0 aromatic heterocycles. The molecule has 2 N–H and O–H groups in total. The maximum atomic E-state index is 12.0. The van der Waals surface area contributed by atoms with Crippen molar-refractivity contribution in [1.82, 2.24) is 15.5 Å². The molecule has 0 radical (unpaired) electrons. The maximum absolute atomic E-state index is 12.0. The number of hydrogen-bond acceptors (Lipinski definition) is 4. The first-order valence-electron chi connectivity index (χ1n) is 7.01. The van der Waals surface area contributed by atoms with Crippen LogP contribution in [0.1, 0.15) is 12.0 Å². The van der Waals surface area contributed by atoms with Gasteiger partial charge in [0.05, 0.1) is 13.0 Å². The number of imide groups is 1. The zero-order valence-electron chi connectivity index (χ0n) is 12.6. The molecule has 0 aliphatic carbocycles. The van der Waals surface area contributed by atoms with E-state index >= 15 is 0 Å². The third-order valence-corrected chi connectivity index (χ3v) is 3.44. The average molecular weight is 305 g/mol. The number of amides is 4. The minimum Gasteiger partial charge on any atom is -0.491 e. The molecule has 1 atom stereocenters. The van der Waals surface area contributed by atoms with Crippen LogP contribution in [0.4, 0.5) is 4.79 Å². The molecule has 1 saturated heterocycles. The Bertz CT molecular complexity index is 588. The Kier molecular flexibility index (Phi) is 4.98. The molecule has 1 aromatic carbocycles. The van der Waals surface area contributed by atoms with E-state index in [1.165, 1.54) is 4.90 Å². The van der Waals surface area contributed by atoms with Crippen molar-refractivity contribution in [2.75, 3.05) is 20.2 Å². The maximum Gasteiger partial charge on any atom is 0.322 e. The summed E-state index contributed by atoms with van der Waals surface area (Å²) in [5.41, 5.74) is 1.03. The number of carbonyl (C=O) groups is 3. The molecule has 4 amide bonds. The molecule has 0 unspecified atom stereocenters. The summed E-state index contributed by atoms with van der Waals surface area (Å²) in [6.07, 6.45) is -0.0571. The lowest BCUT2D eigenvalue weighted by atomic mass is 10.2. The Morgan fingerprint density at radius 1 is 1.32 bits per heavy atom. The van der Waals surface area contributed by atoms with Gasteiger partial charge in [0.2, 0.25) is 5.91 Å². The lowest BCUT2D eigenvalue weighted by molar-refractivity contribution is -0.133. The van der Waals surface area contributed by atoms with Crippen LogP contribution in [0.3, 0.4) is 0 Å². The average Bonchev–Trinajstić information content (AvgIpc) is 2.78. The first-order valence-corrected chi connectivity index (χ1v) is 7.01. The van der Waals surface area contributed by atoms with Crippen LogP contribution in [0.5, 0.6) is 5.75 Å². The monoisotopic (exact) mass is 305 g/mol. The molecule has 0 bridgehead atoms. The number of nitrogens with zero attached hydrogens (tertiary/aromatic N) is 1. The van der Waals surface area contributed by atoms with E-state index in [2.05, 4.69) is 10.6 Å². The van der Waals surface area contributed by atoms with Crippen LogP contribution < -0.4 is 15.4 Å². The highest BCUT2D eigenvalue weighted by Crippen LogP contribution is 2.15. The number of para-hydroxylation sites is 1. The predicted octanol–water partition coefficient (Wildman–Crippen LogP) is 0.430. The quantitative estimate of drug-likeness (QED) is 0.746. The molecule has 1 aliphatic heterocycles. The summed E-state index contributed by atoms with van der Waals surface area (Å²) in [6, 6.07) is 6.28. The molecule has 1 aliphatic rings. The van der Waals surface area contributed by atoms with E-state index in [0.29, 0.717) is 13.2 Å².